The van der Waals surface area contributed by atoms with E-state index >= 15 is 0 Å². The van der Waals surface area contributed by atoms with Crippen molar-refractivity contribution < 1.29 is 18.7 Å². The van der Waals surface area contributed by atoms with E-state index in [9.17, 15) is 14.0 Å². The van der Waals surface area contributed by atoms with Crippen LogP contribution in [-0.2, 0) is 11.3 Å². The summed E-state index contributed by atoms with van der Waals surface area (Å²) in [6.45, 7) is 3.41. The van der Waals surface area contributed by atoms with Crippen LogP contribution in [0.4, 0.5) is 4.39 Å². The second-order valence-corrected chi connectivity index (χ2v) is 6.11. The SMILES string of the molecule is CC(C)OC(=O)c1cccc(-c2nnn(CC(=O)c3ccc(F)cc3)n2)c1. The van der Waals surface area contributed by atoms with Crippen molar-refractivity contribution in [3.8, 4) is 11.4 Å². The Morgan fingerprint density at radius 2 is 1.85 bits per heavy atom. The second-order valence-electron chi connectivity index (χ2n) is 6.11. The van der Waals surface area contributed by atoms with Crippen molar-refractivity contribution in [1.29, 1.82) is 0 Å². The average molecular weight is 368 g/mol. The Hall–Kier alpha value is -3.42. The highest BCUT2D eigenvalue weighted by Crippen LogP contribution is 2.17. The maximum absolute atomic E-state index is 12.9. The first-order chi connectivity index (χ1) is 12.9. The molecule has 138 valence electrons. The smallest absolute Gasteiger partial charge is 0.338 e. The number of esters is 1. The van der Waals surface area contributed by atoms with Gasteiger partial charge in [0.1, 0.15) is 12.4 Å². The van der Waals surface area contributed by atoms with Gasteiger partial charge in [-0.3, -0.25) is 4.79 Å². The minimum Gasteiger partial charge on any atom is -0.459 e. The van der Waals surface area contributed by atoms with Crippen LogP contribution in [0.25, 0.3) is 11.4 Å². The molecule has 27 heavy (non-hydrogen) atoms. The maximum atomic E-state index is 12.9. The van der Waals surface area contributed by atoms with Gasteiger partial charge < -0.3 is 4.74 Å². The summed E-state index contributed by atoms with van der Waals surface area (Å²) >= 11 is 0. The van der Waals surface area contributed by atoms with E-state index in [4.69, 9.17) is 4.74 Å². The zero-order valence-corrected chi connectivity index (χ0v) is 14.8. The van der Waals surface area contributed by atoms with Crippen LogP contribution in [0.3, 0.4) is 0 Å². The summed E-state index contributed by atoms with van der Waals surface area (Å²) in [5.74, 6) is -0.844. The molecule has 0 N–H and O–H groups in total. The molecule has 0 spiro atoms. The molecule has 0 fully saturated rings. The van der Waals surface area contributed by atoms with Gasteiger partial charge in [-0.05, 0) is 55.5 Å². The molecule has 0 aliphatic heterocycles. The third kappa shape index (κ3) is 4.60. The molecular formula is C19H17FN4O3. The Morgan fingerprint density at radius 1 is 1.11 bits per heavy atom. The predicted molar refractivity (Wildman–Crippen MR) is 94.5 cm³/mol. The van der Waals surface area contributed by atoms with Crippen LogP contribution >= 0.6 is 0 Å². The lowest BCUT2D eigenvalue weighted by molar-refractivity contribution is 0.0378. The van der Waals surface area contributed by atoms with Gasteiger partial charge in [0.25, 0.3) is 0 Å². The summed E-state index contributed by atoms with van der Waals surface area (Å²) in [4.78, 5) is 25.4. The lowest BCUT2D eigenvalue weighted by Gasteiger charge is -2.08. The number of aromatic nitrogens is 4. The summed E-state index contributed by atoms with van der Waals surface area (Å²) in [7, 11) is 0. The molecule has 0 radical (unpaired) electrons. The molecule has 0 amide bonds. The Bertz CT molecular complexity index is 967. The molecule has 0 bridgehead atoms. The van der Waals surface area contributed by atoms with Gasteiger partial charge in [0, 0.05) is 11.1 Å². The van der Waals surface area contributed by atoms with E-state index in [1.54, 1.807) is 38.1 Å². The number of tetrazole rings is 1. The molecule has 0 unspecified atom stereocenters. The molecule has 0 aliphatic rings. The molecule has 0 aliphatic carbocycles. The number of rotatable bonds is 6. The largest absolute Gasteiger partial charge is 0.459 e. The van der Waals surface area contributed by atoms with Gasteiger partial charge in [0.2, 0.25) is 5.82 Å². The fraction of sp³-hybridized carbons (Fsp3) is 0.211. The van der Waals surface area contributed by atoms with Crippen LogP contribution in [0, 0.1) is 5.82 Å². The number of Topliss-reactive ketones (excluding diaryl/α,β-unsaturated/α-hetero) is 1. The maximum Gasteiger partial charge on any atom is 0.338 e. The Kier molecular flexibility index (Phi) is 5.35. The van der Waals surface area contributed by atoms with Crippen molar-refractivity contribution in [2.24, 2.45) is 0 Å². The van der Waals surface area contributed by atoms with Crippen molar-refractivity contribution in [2.75, 3.05) is 0 Å². The number of nitrogens with zero attached hydrogens (tertiary/aromatic N) is 4. The highest BCUT2D eigenvalue weighted by atomic mass is 19.1. The van der Waals surface area contributed by atoms with E-state index in [0.29, 0.717) is 16.7 Å². The molecule has 0 atom stereocenters. The van der Waals surface area contributed by atoms with Crippen LogP contribution in [-0.4, -0.2) is 38.1 Å². The topological polar surface area (TPSA) is 87.0 Å². The number of carbonyl (C=O) groups excluding carboxylic acids is 2. The van der Waals surface area contributed by atoms with Crippen LogP contribution < -0.4 is 0 Å². The second kappa shape index (κ2) is 7.86. The van der Waals surface area contributed by atoms with Crippen LogP contribution in [0.15, 0.2) is 48.5 Å². The first-order valence-electron chi connectivity index (χ1n) is 8.30. The zero-order chi connectivity index (χ0) is 19.4. The first-order valence-corrected chi connectivity index (χ1v) is 8.30. The molecule has 8 heteroatoms. The van der Waals surface area contributed by atoms with E-state index in [1.165, 1.54) is 24.3 Å². The van der Waals surface area contributed by atoms with Gasteiger partial charge in [0.05, 0.1) is 11.7 Å². The third-order valence-corrected chi connectivity index (χ3v) is 3.60. The molecule has 0 saturated carbocycles. The highest BCUT2D eigenvalue weighted by Gasteiger charge is 2.14. The van der Waals surface area contributed by atoms with Crippen LogP contribution in [0.1, 0.15) is 34.6 Å². The summed E-state index contributed by atoms with van der Waals surface area (Å²) in [5, 5.41) is 12.0. The molecule has 0 saturated heterocycles. The van der Waals surface area contributed by atoms with E-state index in [2.05, 4.69) is 15.4 Å². The average Bonchev–Trinajstić information content (AvgIpc) is 3.10. The fourth-order valence-corrected chi connectivity index (χ4v) is 2.35. The monoisotopic (exact) mass is 368 g/mol. The van der Waals surface area contributed by atoms with Crippen LogP contribution in [0.5, 0.6) is 0 Å². The van der Waals surface area contributed by atoms with Crippen LogP contribution in [0.2, 0.25) is 0 Å². The van der Waals surface area contributed by atoms with Gasteiger partial charge in [-0.15, -0.1) is 10.2 Å². The number of halogens is 1. The lowest BCUT2D eigenvalue weighted by atomic mass is 10.1. The minimum absolute atomic E-state index is 0.131. The number of hydrogen-bond donors (Lipinski definition) is 0. The highest BCUT2D eigenvalue weighted by molar-refractivity contribution is 5.95. The standard InChI is InChI=1S/C19H17FN4O3/c1-12(2)27-19(26)15-5-3-4-14(10-15)18-21-23-24(22-18)11-17(25)13-6-8-16(20)9-7-13/h3-10,12H,11H2,1-2H3. The number of ketones is 1. The molecule has 3 rings (SSSR count). The van der Waals surface area contributed by atoms with Crippen molar-refractivity contribution >= 4 is 11.8 Å². The summed E-state index contributed by atoms with van der Waals surface area (Å²) in [6.07, 6.45) is -0.224. The summed E-state index contributed by atoms with van der Waals surface area (Å²) < 4.78 is 18.1. The van der Waals surface area contributed by atoms with Crippen molar-refractivity contribution in [3.05, 3.63) is 65.5 Å². The van der Waals surface area contributed by atoms with Gasteiger partial charge in [-0.25, -0.2) is 9.18 Å². The van der Waals surface area contributed by atoms with E-state index in [0.717, 1.165) is 4.80 Å². The van der Waals surface area contributed by atoms with Gasteiger partial charge in [0.15, 0.2) is 5.78 Å². The van der Waals surface area contributed by atoms with E-state index < -0.39 is 11.8 Å². The third-order valence-electron chi connectivity index (χ3n) is 3.60. The van der Waals surface area contributed by atoms with Crippen molar-refractivity contribution in [1.82, 2.24) is 20.2 Å². The number of ether oxygens (including phenoxy) is 1. The first kappa shape index (κ1) is 18.4. The van der Waals surface area contributed by atoms with Crippen molar-refractivity contribution in [3.63, 3.8) is 0 Å². The summed E-state index contributed by atoms with van der Waals surface area (Å²) in [6, 6.07) is 11.9. The quantitative estimate of drug-likeness (QED) is 0.491. The van der Waals surface area contributed by atoms with Gasteiger partial charge >= 0.3 is 5.97 Å². The van der Waals surface area contributed by atoms with Gasteiger partial charge in [-0.2, -0.15) is 4.80 Å². The molecule has 3 aromatic rings. The number of benzene rings is 2. The van der Waals surface area contributed by atoms with E-state index in [1.807, 2.05) is 0 Å². The Morgan fingerprint density at radius 3 is 2.56 bits per heavy atom. The predicted octanol–water partition coefficient (Wildman–Crippen LogP) is 2.93. The molecule has 1 heterocycles. The number of hydrogen-bond acceptors (Lipinski definition) is 6. The number of carbonyl (C=O) groups is 2. The Balaban J connectivity index is 1.75. The minimum atomic E-state index is -0.439. The normalized spacial score (nSPS) is 10.8. The molecule has 2 aromatic carbocycles. The molecule has 7 nitrogen and oxygen atoms in total. The fourth-order valence-electron chi connectivity index (χ4n) is 2.35. The zero-order valence-electron chi connectivity index (χ0n) is 14.8. The molecular weight excluding hydrogens is 351 g/mol. The Labute approximate surface area is 154 Å². The van der Waals surface area contributed by atoms with Crippen molar-refractivity contribution in [2.45, 2.75) is 26.5 Å². The molecule has 1 aromatic heterocycles. The van der Waals surface area contributed by atoms with Gasteiger partial charge in [-0.1, -0.05) is 12.1 Å². The lowest BCUT2D eigenvalue weighted by Crippen LogP contribution is -2.13. The van der Waals surface area contributed by atoms with E-state index in [-0.39, 0.29) is 24.3 Å². The summed E-state index contributed by atoms with van der Waals surface area (Å²) in [5.41, 5.74) is 1.31.